The number of aromatic nitrogens is 2. The van der Waals surface area contributed by atoms with E-state index in [-0.39, 0.29) is 0 Å². The summed E-state index contributed by atoms with van der Waals surface area (Å²) in [6.45, 7) is 2.14. The Kier molecular flexibility index (Phi) is 4.91. The molecule has 0 unspecified atom stereocenters. The molecule has 1 aromatic heterocycles. The average molecular weight is 320 g/mol. The van der Waals surface area contributed by atoms with Gasteiger partial charge in [-0.3, -0.25) is 0 Å². The molecule has 3 aromatic rings. The van der Waals surface area contributed by atoms with Crippen LogP contribution in [0.2, 0.25) is 0 Å². The van der Waals surface area contributed by atoms with E-state index in [2.05, 4.69) is 51.8 Å². The quantitative estimate of drug-likeness (QED) is 0.698. The van der Waals surface area contributed by atoms with Gasteiger partial charge in [-0.05, 0) is 48.4 Å². The Balaban J connectivity index is 1.70. The van der Waals surface area contributed by atoms with Gasteiger partial charge in [0.2, 0.25) is 0 Å². The number of aryl methyl sites for hydroxylation is 1. The lowest BCUT2D eigenvalue weighted by atomic mass is 10.1. The number of anilines is 4. The topological polar surface area (TPSA) is 59.1 Å². The molecular weight excluding hydrogens is 300 g/mol. The molecule has 0 radical (unpaired) electrons. The van der Waals surface area contributed by atoms with Crippen LogP contribution in [0.1, 0.15) is 12.5 Å². The largest absolute Gasteiger partial charge is 0.497 e. The van der Waals surface area contributed by atoms with E-state index in [4.69, 9.17) is 4.74 Å². The molecule has 5 nitrogen and oxygen atoms in total. The predicted molar refractivity (Wildman–Crippen MR) is 97.4 cm³/mol. The first-order valence-corrected chi connectivity index (χ1v) is 7.86. The molecule has 1 heterocycles. The minimum atomic E-state index is 0.725. The number of benzene rings is 2. The van der Waals surface area contributed by atoms with Crippen molar-refractivity contribution in [2.24, 2.45) is 0 Å². The lowest BCUT2D eigenvalue weighted by Gasteiger charge is -2.09. The summed E-state index contributed by atoms with van der Waals surface area (Å²) in [6, 6.07) is 17.9. The van der Waals surface area contributed by atoms with E-state index in [1.807, 2.05) is 30.3 Å². The zero-order valence-corrected chi connectivity index (χ0v) is 13.8. The molecule has 2 aromatic carbocycles. The van der Waals surface area contributed by atoms with E-state index >= 15 is 0 Å². The molecule has 3 rings (SSSR count). The third kappa shape index (κ3) is 4.01. The van der Waals surface area contributed by atoms with E-state index < -0.39 is 0 Å². The van der Waals surface area contributed by atoms with Gasteiger partial charge in [0.25, 0.3) is 0 Å². The van der Waals surface area contributed by atoms with Gasteiger partial charge in [0.15, 0.2) is 0 Å². The maximum Gasteiger partial charge on any atom is 0.135 e. The van der Waals surface area contributed by atoms with Crippen LogP contribution in [0, 0.1) is 0 Å². The molecule has 0 aliphatic carbocycles. The van der Waals surface area contributed by atoms with E-state index in [0.29, 0.717) is 0 Å². The standard InChI is InChI=1S/C19H20N4O/c1-3-14-4-6-15(7-5-14)22-18-12-19(21-13-20-18)23-16-8-10-17(24-2)11-9-16/h4-13H,3H2,1-2H3,(H2,20,21,22,23). The Morgan fingerprint density at radius 3 is 1.88 bits per heavy atom. The van der Waals surface area contributed by atoms with Gasteiger partial charge < -0.3 is 15.4 Å². The summed E-state index contributed by atoms with van der Waals surface area (Å²) in [5.74, 6) is 2.29. The van der Waals surface area contributed by atoms with Crippen molar-refractivity contribution < 1.29 is 4.74 Å². The number of methoxy groups -OCH3 is 1. The van der Waals surface area contributed by atoms with E-state index in [9.17, 15) is 0 Å². The summed E-state index contributed by atoms with van der Waals surface area (Å²) in [7, 11) is 1.65. The van der Waals surface area contributed by atoms with Crippen LogP contribution in [0.4, 0.5) is 23.0 Å². The second kappa shape index (κ2) is 7.46. The third-order valence-corrected chi connectivity index (χ3v) is 3.66. The van der Waals surface area contributed by atoms with Crippen LogP contribution in [-0.2, 0) is 6.42 Å². The summed E-state index contributed by atoms with van der Waals surface area (Å²) in [5, 5.41) is 6.54. The number of hydrogen-bond donors (Lipinski definition) is 2. The van der Waals surface area contributed by atoms with Crippen LogP contribution < -0.4 is 15.4 Å². The number of nitrogens with zero attached hydrogens (tertiary/aromatic N) is 2. The van der Waals surface area contributed by atoms with Gasteiger partial charge in [0.1, 0.15) is 23.7 Å². The summed E-state index contributed by atoms with van der Waals surface area (Å²) < 4.78 is 5.16. The van der Waals surface area contributed by atoms with Crippen molar-refractivity contribution in [2.75, 3.05) is 17.7 Å². The van der Waals surface area contributed by atoms with Gasteiger partial charge in [-0.1, -0.05) is 19.1 Å². The molecule has 0 aliphatic heterocycles. The zero-order chi connectivity index (χ0) is 16.8. The van der Waals surface area contributed by atoms with Gasteiger partial charge in [-0.2, -0.15) is 0 Å². The highest BCUT2D eigenvalue weighted by atomic mass is 16.5. The second-order valence-corrected chi connectivity index (χ2v) is 5.32. The fraction of sp³-hybridized carbons (Fsp3) is 0.158. The maximum atomic E-state index is 5.16. The molecule has 0 amide bonds. The Morgan fingerprint density at radius 1 is 0.833 bits per heavy atom. The third-order valence-electron chi connectivity index (χ3n) is 3.66. The number of nitrogens with one attached hydrogen (secondary N) is 2. The molecule has 0 bridgehead atoms. The number of ether oxygens (including phenoxy) is 1. The van der Waals surface area contributed by atoms with Crippen molar-refractivity contribution in [1.82, 2.24) is 9.97 Å². The predicted octanol–water partition coefficient (Wildman–Crippen LogP) is 4.53. The summed E-state index contributed by atoms with van der Waals surface area (Å²) >= 11 is 0. The van der Waals surface area contributed by atoms with Gasteiger partial charge >= 0.3 is 0 Å². The van der Waals surface area contributed by atoms with E-state index in [1.165, 1.54) is 11.9 Å². The van der Waals surface area contributed by atoms with Crippen LogP contribution in [0.25, 0.3) is 0 Å². The van der Waals surface area contributed by atoms with Crippen molar-refractivity contribution in [3.63, 3.8) is 0 Å². The highest BCUT2D eigenvalue weighted by molar-refractivity contribution is 5.63. The Labute approximate surface area is 141 Å². The molecule has 5 heteroatoms. The van der Waals surface area contributed by atoms with Gasteiger partial charge in [-0.15, -0.1) is 0 Å². The van der Waals surface area contributed by atoms with E-state index in [0.717, 1.165) is 35.2 Å². The summed E-state index contributed by atoms with van der Waals surface area (Å²) in [4.78, 5) is 8.52. The average Bonchev–Trinajstić information content (AvgIpc) is 2.63. The minimum absolute atomic E-state index is 0.725. The lowest BCUT2D eigenvalue weighted by Crippen LogP contribution is -1.98. The number of hydrogen-bond acceptors (Lipinski definition) is 5. The Hall–Kier alpha value is -3.08. The first-order valence-electron chi connectivity index (χ1n) is 7.86. The summed E-state index contributed by atoms with van der Waals surface area (Å²) in [6.07, 6.45) is 2.57. The van der Waals surface area contributed by atoms with Crippen LogP contribution >= 0.6 is 0 Å². The second-order valence-electron chi connectivity index (χ2n) is 5.32. The Morgan fingerprint density at radius 2 is 1.38 bits per heavy atom. The van der Waals surface area contributed by atoms with Crippen LogP contribution in [0.5, 0.6) is 5.75 Å². The summed E-state index contributed by atoms with van der Waals surface area (Å²) in [5.41, 5.74) is 3.25. The lowest BCUT2D eigenvalue weighted by molar-refractivity contribution is 0.415. The first-order chi connectivity index (χ1) is 11.8. The Bertz CT molecular complexity index is 720. The monoisotopic (exact) mass is 320 g/mol. The van der Waals surface area contributed by atoms with Gasteiger partial charge in [0.05, 0.1) is 7.11 Å². The molecule has 0 atom stereocenters. The fourth-order valence-electron chi connectivity index (χ4n) is 2.29. The molecule has 122 valence electrons. The van der Waals surface area contributed by atoms with Crippen molar-refractivity contribution >= 4 is 23.0 Å². The molecule has 0 saturated carbocycles. The molecule has 24 heavy (non-hydrogen) atoms. The van der Waals surface area contributed by atoms with Crippen molar-refractivity contribution in [3.05, 3.63) is 66.5 Å². The highest BCUT2D eigenvalue weighted by Gasteiger charge is 2.01. The van der Waals surface area contributed by atoms with E-state index in [1.54, 1.807) is 7.11 Å². The van der Waals surface area contributed by atoms with Crippen LogP contribution in [0.15, 0.2) is 60.9 Å². The molecular formula is C19H20N4O. The SMILES string of the molecule is CCc1ccc(Nc2cc(Nc3ccc(OC)cc3)ncn2)cc1. The zero-order valence-electron chi connectivity index (χ0n) is 13.8. The van der Waals surface area contributed by atoms with Gasteiger partial charge in [0, 0.05) is 17.4 Å². The molecule has 0 fully saturated rings. The van der Waals surface area contributed by atoms with Crippen molar-refractivity contribution in [1.29, 1.82) is 0 Å². The molecule has 0 aliphatic rings. The van der Waals surface area contributed by atoms with Crippen molar-refractivity contribution in [3.8, 4) is 5.75 Å². The van der Waals surface area contributed by atoms with Crippen LogP contribution in [-0.4, -0.2) is 17.1 Å². The fourth-order valence-corrected chi connectivity index (χ4v) is 2.29. The maximum absolute atomic E-state index is 5.16. The molecule has 0 spiro atoms. The normalized spacial score (nSPS) is 10.2. The van der Waals surface area contributed by atoms with Crippen molar-refractivity contribution in [2.45, 2.75) is 13.3 Å². The minimum Gasteiger partial charge on any atom is -0.497 e. The number of rotatable bonds is 6. The smallest absolute Gasteiger partial charge is 0.135 e. The molecule has 0 saturated heterocycles. The first kappa shape index (κ1) is 15.8. The van der Waals surface area contributed by atoms with Crippen LogP contribution in [0.3, 0.4) is 0 Å². The molecule has 2 N–H and O–H groups in total. The highest BCUT2D eigenvalue weighted by Crippen LogP contribution is 2.21. The van der Waals surface area contributed by atoms with Gasteiger partial charge in [-0.25, -0.2) is 9.97 Å².